The Hall–Kier alpha value is -4.50. The molecule has 3 aromatic carbocycles. The van der Waals surface area contributed by atoms with Gasteiger partial charge in [0, 0.05) is 6.92 Å². The molecule has 0 N–H and O–H groups in total. The average molecular weight is 533 g/mol. The Morgan fingerprint density at radius 1 is 0.590 bits per heavy atom. The van der Waals surface area contributed by atoms with Gasteiger partial charge in [0.05, 0.1) is 16.7 Å². The van der Waals surface area contributed by atoms with Gasteiger partial charge >= 0.3 is 23.9 Å². The second-order valence-corrected chi connectivity index (χ2v) is 8.77. The van der Waals surface area contributed by atoms with Gasteiger partial charge in [0.2, 0.25) is 12.4 Å². The van der Waals surface area contributed by atoms with Gasteiger partial charge in [0.1, 0.15) is 6.10 Å². The van der Waals surface area contributed by atoms with Crippen molar-refractivity contribution in [1.29, 1.82) is 0 Å². The van der Waals surface area contributed by atoms with Gasteiger partial charge in [-0.2, -0.15) is 0 Å². The van der Waals surface area contributed by atoms with Crippen molar-refractivity contribution in [3.8, 4) is 0 Å². The van der Waals surface area contributed by atoms with Crippen LogP contribution in [0.1, 0.15) is 51.3 Å². The molecule has 9 heteroatoms. The Bertz CT molecular complexity index is 1280. The van der Waals surface area contributed by atoms with Gasteiger partial charge in [-0.25, -0.2) is 14.4 Å². The zero-order valence-electron chi connectivity index (χ0n) is 21.4. The molecule has 0 spiro atoms. The number of hydrogen-bond donors (Lipinski definition) is 0. The van der Waals surface area contributed by atoms with Crippen molar-refractivity contribution in [1.82, 2.24) is 0 Å². The molecule has 0 aliphatic carbocycles. The van der Waals surface area contributed by atoms with Crippen LogP contribution in [0.2, 0.25) is 0 Å². The van der Waals surface area contributed by atoms with Crippen LogP contribution in [0, 0.1) is 0 Å². The molecule has 2 unspecified atom stereocenters. The van der Waals surface area contributed by atoms with Crippen molar-refractivity contribution in [3.05, 3.63) is 108 Å². The van der Waals surface area contributed by atoms with Crippen LogP contribution >= 0.6 is 0 Å². The van der Waals surface area contributed by atoms with E-state index < -0.39 is 54.6 Å². The normalized spacial score (nSPS) is 22.3. The highest BCUT2D eigenvalue weighted by Crippen LogP contribution is 2.32. The van der Waals surface area contributed by atoms with Crippen LogP contribution in [0.4, 0.5) is 0 Å². The van der Waals surface area contributed by atoms with E-state index in [1.54, 1.807) is 97.9 Å². The topological polar surface area (TPSA) is 114 Å². The first-order valence-corrected chi connectivity index (χ1v) is 12.5. The molecule has 0 amide bonds. The van der Waals surface area contributed by atoms with Crippen LogP contribution in [0.15, 0.2) is 91.0 Å². The minimum atomic E-state index is -1.45. The van der Waals surface area contributed by atoms with E-state index >= 15 is 0 Å². The summed E-state index contributed by atoms with van der Waals surface area (Å²) in [6, 6.07) is 24.6. The lowest BCUT2D eigenvalue weighted by atomic mass is 9.96. The molecule has 4 rings (SSSR count). The van der Waals surface area contributed by atoms with Crippen LogP contribution in [-0.4, -0.2) is 54.6 Å². The van der Waals surface area contributed by atoms with Gasteiger partial charge in [-0.3, -0.25) is 4.79 Å². The average Bonchev–Trinajstić information content (AvgIpc) is 2.96. The minimum Gasteiger partial charge on any atom is -0.452 e. The van der Waals surface area contributed by atoms with E-state index in [9.17, 15) is 19.2 Å². The second-order valence-electron chi connectivity index (χ2n) is 8.77. The summed E-state index contributed by atoms with van der Waals surface area (Å²) >= 11 is 0. The Labute approximate surface area is 225 Å². The number of esters is 4. The number of ether oxygens (including phenoxy) is 5. The molecule has 0 aromatic heterocycles. The molecule has 1 fully saturated rings. The first kappa shape index (κ1) is 27.5. The predicted molar refractivity (Wildman–Crippen MR) is 138 cm³/mol. The van der Waals surface area contributed by atoms with Gasteiger partial charge in [-0.1, -0.05) is 61.5 Å². The molecular formula is C30H28O9. The summed E-state index contributed by atoms with van der Waals surface area (Å²) in [6.07, 6.45) is -6.02. The summed E-state index contributed by atoms with van der Waals surface area (Å²) in [5, 5.41) is 0. The molecule has 0 saturated carbocycles. The molecule has 1 aliphatic rings. The smallest absolute Gasteiger partial charge is 0.338 e. The predicted octanol–water partition coefficient (Wildman–Crippen LogP) is 4.36. The van der Waals surface area contributed by atoms with Crippen molar-refractivity contribution in [2.45, 2.75) is 51.0 Å². The Morgan fingerprint density at radius 3 is 1.36 bits per heavy atom. The molecular weight excluding hydrogens is 504 g/mol. The highest BCUT2D eigenvalue weighted by molar-refractivity contribution is 5.91. The summed E-state index contributed by atoms with van der Waals surface area (Å²) in [6.45, 7) is 2.94. The maximum atomic E-state index is 13.2. The van der Waals surface area contributed by atoms with Crippen molar-refractivity contribution in [2.24, 2.45) is 0 Å². The zero-order chi connectivity index (χ0) is 27.8. The third-order valence-electron chi connectivity index (χ3n) is 6.03. The SMILES string of the molecule is CCC1OC(OC(C)=O)[C@@H](OC(=O)c2ccccc2)[C@H](OC(=O)c2ccccc2)[C@@H]1OC(=O)c1ccccc1. The van der Waals surface area contributed by atoms with Crippen LogP contribution in [0.5, 0.6) is 0 Å². The molecule has 0 radical (unpaired) electrons. The fraction of sp³-hybridized carbons (Fsp3) is 0.267. The van der Waals surface area contributed by atoms with E-state index in [1.165, 1.54) is 6.92 Å². The maximum Gasteiger partial charge on any atom is 0.338 e. The largest absolute Gasteiger partial charge is 0.452 e. The molecule has 9 nitrogen and oxygen atoms in total. The van der Waals surface area contributed by atoms with Gasteiger partial charge in [0.15, 0.2) is 12.2 Å². The van der Waals surface area contributed by atoms with Crippen molar-refractivity contribution in [2.75, 3.05) is 0 Å². The van der Waals surface area contributed by atoms with E-state index in [0.717, 1.165) is 0 Å². The molecule has 3 aromatic rings. The lowest BCUT2D eigenvalue weighted by Crippen LogP contribution is -2.62. The molecule has 202 valence electrons. The van der Waals surface area contributed by atoms with E-state index in [4.69, 9.17) is 23.7 Å². The first-order chi connectivity index (χ1) is 18.9. The van der Waals surface area contributed by atoms with E-state index in [1.807, 2.05) is 0 Å². The van der Waals surface area contributed by atoms with Gasteiger partial charge in [-0.15, -0.1) is 0 Å². The highest BCUT2D eigenvalue weighted by atomic mass is 16.7. The van der Waals surface area contributed by atoms with Gasteiger partial charge in [-0.05, 0) is 42.8 Å². The maximum absolute atomic E-state index is 13.2. The van der Waals surface area contributed by atoms with Crippen molar-refractivity contribution < 1.29 is 42.9 Å². The van der Waals surface area contributed by atoms with Crippen LogP contribution in [0.25, 0.3) is 0 Å². The lowest BCUT2D eigenvalue weighted by Gasteiger charge is -2.44. The van der Waals surface area contributed by atoms with Crippen LogP contribution < -0.4 is 0 Å². The summed E-state index contributed by atoms with van der Waals surface area (Å²) in [5.74, 6) is -2.92. The number of carbonyl (C=O) groups is 4. The molecule has 1 saturated heterocycles. The Kier molecular flexibility index (Phi) is 9.06. The minimum absolute atomic E-state index is 0.211. The second kappa shape index (κ2) is 12.8. The monoisotopic (exact) mass is 532 g/mol. The number of rotatable bonds is 8. The summed E-state index contributed by atoms with van der Waals surface area (Å²) in [7, 11) is 0. The van der Waals surface area contributed by atoms with E-state index in [-0.39, 0.29) is 16.7 Å². The zero-order valence-corrected chi connectivity index (χ0v) is 21.4. The van der Waals surface area contributed by atoms with Crippen molar-refractivity contribution >= 4 is 23.9 Å². The Balaban J connectivity index is 1.73. The number of carbonyl (C=O) groups excluding carboxylic acids is 4. The third kappa shape index (κ3) is 6.88. The third-order valence-corrected chi connectivity index (χ3v) is 6.03. The summed E-state index contributed by atoms with van der Waals surface area (Å²) in [5.41, 5.74) is 0.699. The quantitative estimate of drug-likeness (QED) is 0.308. The highest BCUT2D eigenvalue weighted by Gasteiger charge is 2.53. The number of hydrogen-bond acceptors (Lipinski definition) is 9. The van der Waals surface area contributed by atoms with Crippen LogP contribution in [0.3, 0.4) is 0 Å². The van der Waals surface area contributed by atoms with Gasteiger partial charge < -0.3 is 23.7 Å². The van der Waals surface area contributed by atoms with Crippen molar-refractivity contribution in [3.63, 3.8) is 0 Å². The Morgan fingerprint density at radius 2 is 0.974 bits per heavy atom. The molecule has 39 heavy (non-hydrogen) atoms. The lowest BCUT2D eigenvalue weighted by molar-refractivity contribution is -0.285. The number of benzene rings is 3. The first-order valence-electron chi connectivity index (χ1n) is 12.5. The summed E-state index contributed by atoms with van der Waals surface area (Å²) in [4.78, 5) is 51.3. The van der Waals surface area contributed by atoms with E-state index in [0.29, 0.717) is 6.42 Å². The molecule has 1 aliphatic heterocycles. The van der Waals surface area contributed by atoms with E-state index in [2.05, 4.69) is 0 Å². The molecule has 0 bridgehead atoms. The van der Waals surface area contributed by atoms with Gasteiger partial charge in [0.25, 0.3) is 0 Å². The molecule has 1 heterocycles. The standard InChI is InChI=1S/C30H28O9/c1-3-23-24(37-27(32)20-13-7-4-8-14-20)25(38-28(33)21-15-9-5-10-16-21)26(30(36-23)35-19(2)31)39-29(34)22-17-11-6-12-18-22/h4-18,23-26,30H,3H2,1-2H3/t23?,24-,25-,26+,30?/m1/s1. The fourth-order valence-electron chi connectivity index (χ4n) is 4.16. The summed E-state index contributed by atoms with van der Waals surface area (Å²) < 4.78 is 28.8. The van der Waals surface area contributed by atoms with Crippen LogP contribution in [-0.2, 0) is 28.5 Å². The molecule has 5 atom stereocenters. The fourth-order valence-corrected chi connectivity index (χ4v) is 4.16.